The van der Waals surface area contributed by atoms with Crippen molar-refractivity contribution in [2.24, 2.45) is 0 Å². The second-order valence-corrected chi connectivity index (χ2v) is 6.87. The molecule has 3 aromatic heterocycles. The second kappa shape index (κ2) is 6.25. The highest BCUT2D eigenvalue weighted by molar-refractivity contribution is 7.09. The van der Waals surface area contributed by atoms with E-state index in [1.54, 1.807) is 6.33 Å². The molecule has 0 bridgehead atoms. The molecule has 1 fully saturated rings. The van der Waals surface area contributed by atoms with Crippen molar-refractivity contribution in [2.75, 3.05) is 31.1 Å². The summed E-state index contributed by atoms with van der Waals surface area (Å²) in [5.41, 5.74) is 1.43. The van der Waals surface area contributed by atoms with Gasteiger partial charge in [-0.3, -0.25) is 4.90 Å². The summed E-state index contributed by atoms with van der Waals surface area (Å²) in [7, 11) is 0. The first-order valence-corrected chi connectivity index (χ1v) is 8.76. The van der Waals surface area contributed by atoms with Gasteiger partial charge in [-0.25, -0.2) is 4.98 Å². The van der Waals surface area contributed by atoms with Gasteiger partial charge in [-0.1, -0.05) is 11.2 Å². The maximum absolute atomic E-state index is 5.27. The van der Waals surface area contributed by atoms with Crippen LogP contribution in [0.1, 0.15) is 17.0 Å². The smallest absolute Gasteiger partial charge is 0.263 e. The van der Waals surface area contributed by atoms with E-state index >= 15 is 0 Å². The molecule has 3 aromatic rings. The normalized spacial score (nSPS) is 16.8. The Morgan fingerprint density at radius 2 is 2.17 bits per heavy atom. The summed E-state index contributed by atoms with van der Waals surface area (Å²) in [4.78, 5) is 15.0. The van der Waals surface area contributed by atoms with Crippen molar-refractivity contribution >= 4 is 28.3 Å². The molecule has 0 N–H and O–H groups in total. The third-order valence-corrected chi connectivity index (χ3v) is 5.13. The third kappa shape index (κ3) is 2.94. The molecule has 0 atom stereocenters. The number of nitrogens with zero attached hydrogens (tertiary/aromatic N) is 5. The molecule has 4 heterocycles. The second-order valence-electron chi connectivity index (χ2n) is 5.84. The molecule has 0 amide bonds. The molecule has 0 aliphatic carbocycles. The summed E-state index contributed by atoms with van der Waals surface area (Å²) in [5, 5.41) is 7.11. The summed E-state index contributed by atoms with van der Waals surface area (Å²) in [5.74, 6) is 0.951. The summed E-state index contributed by atoms with van der Waals surface area (Å²) in [6.07, 6.45) is 2.69. The maximum atomic E-state index is 5.27. The van der Waals surface area contributed by atoms with Crippen molar-refractivity contribution in [3.05, 3.63) is 34.4 Å². The number of aromatic nitrogens is 3. The molecular weight excluding hydrogens is 310 g/mol. The molecule has 6 nitrogen and oxygen atoms in total. The molecule has 7 heteroatoms. The molecule has 0 spiro atoms. The fourth-order valence-electron chi connectivity index (χ4n) is 3.11. The molecule has 1 saturated heterocycles. The first-order chi connectivity index (χ1) is 11.3. The number of hydrogen-bond donors (Lipinski definition) is 0. The minimum absolute atomic E-state index is 0.576. The Balaban J connectivity index is 1.53. The standard InChI is InChI=1S/C16H19N5OS/c1-12-14-15(17-11-18-16(14)22-19-12)21-6-3-5-20(7-8-21)10-13-4-2-9-23-13/h2,4,9,11H,3,5-8,10H2,1H3. The summed E-state index contributed by atoms with van der Waals surface area (Å²) >= 11 is 1.83. The maximum Gasteiger partial charge on any atom is 0.263 e. The fraction of sp³-hybridized carbons (Fsp3) is 0.438. The van der Waals surface area contributed by atoms with Crippen LogP contribution in [-0.2, 0) is 6.54 Å². The lowest BCUT2D eigenvalue weighted by Crippen LogP contribution is -2.31. The van der Waals surface area contributed by atoms with Crippen LogP contribution in [0.15, 0.2) is 28.4 Å². The van der Waals surface area contributed by atoms with Crippen LogP contribution in [0.2, 0.25) is 0 Å². The van der Waals surface area contributed by atoms with Crippen LogP contribution in [-0.4, -0.2) is 46.2 Å². The highest BCUT2D eigenvalue weighted by Crippen LogP contribution is 2.26. The predicted molar refractivity (Wildman–Crippen MR) is 90.8 cm³/mol. The first kappa shape index (κ1) is 14.6. The van der Waals surface area contributed by atoms with E-state index in [9.17, 15) is 0 Å². The van der Waals surface area contributed by atoms with Crippen molar-refractivity contribution in [3.8, 4) is 0 Å². The van der Waals surface area contributed by atoms with Crippen LogP contribution in [0.4, 0.5) is 5.82 Å². The van der Waals surface area contributed by atoms with Gasteiger partial charge >= 0.3 is 0 Å². The Morgan fingerprint density at radius 1 is 1.22 bits per heavy atom. The zero-order valence-corrected chi connectivity index (χ0v) is 13.9. The average Bonchev–Trinajstić information content (AvgIpc) is 3.14. The van der Waals surface area contributed by atoms with Crippen LogP contribution >= 0.6 is 11.3 Å². The highest BCUT2D eigenvalue weighted by Gasteiger charge is 2.21. The van der Waals surface area contributed by atoms with Gasteiger partial charge in [0, 0.05) is 37.6 Å². The van der Waals surface area contributed by atoms with E-state index in [4.69, 9.17) is 4.52 Å². The summed E-state index contributed by atoms with van der Waals surface area (Å²) < 4.78 is 5.27. The van der Waals surface area contributed by atoms with Crippen LogP contribution in [0.3, 0.4) is 0 Å². The van der Waals surface area contributed by atoms with Gasteiger partial charge in [-0.05, 0) is 24.8 Å². The van der Waals surface area contributed by atoms with Gasteiger partial charge in [0.05, 0.1) is 5.69 Å². The predicted octanol–water partition coefficient (Wildman–Crippen LogP) is 2.70. The van der Waals surface area contributed by atoms with Crippen LogP contribution < -0.4 is 4.90 Å². The SMILES string of the molecule is Cc1noc2ncnc(N3CCCN(Cc4cccs4)CC3)c12. The summed E-state index contributed by atoms with van der Waals surface area (Å²) in [6, 6.07) is 4.33. The minimum atomic E-state index is 0.576. The third-order valence-electron chi connectivity index (χ3n) is 4.27. The number of thiophene rings is 1. The van der Waals surface area contributed by atoms with E-state index in [1.807, 2.05) is 18.3 Å². The van der Waals surface area contributed by atoms with Crippen molar-refractivity contribution in [2.45, 2.75) is 19.9 Å². The van der Waals surface area contributed by atoms with Crippen LogP contribution in [0, 0.1) is 6.92 Å². The van der Waals surface area contributed by atoms with Crippen molar-refractivity contribution in [1.82, 2.24) is 20.0 Å². The van der Waals surface area contributed by atoms with E-state index < -0.39 is 0 Å². The van der Waals surface area contributed by atoms with E-state index in [-0.39, 0.29) is 0 Å². The van der Waals surface area contributed by atoms with Gasteiger partial charge in [0.2, 0.25) is 0 Å². The van der Waals surface area contributed by atoms with Crippen molar-refractivity contribution in [1.29, 1.82) is 0 Å². The van der Waals surface area contributed by atoms with E-state index in [1.165, 1.54) is 4.88 Å². The monoisotopic (exact) mass is 329 g/mol. The van der Waals surface area contributed by atoms with E-state index in [0.29, 0.717) is 5.71 Å². The van der Waals surface area contributed by atoms with E-state index in [2.05, 4.69) is 42.4 Å². The zero-order chi connectivity index (χ0) is 15.6. The molecule has 0 saturated carbocycles. The van der Waals surface area contributed by atoms with Crippen LogP contribution in [0.5, 0.6) is 0 Å². The lowest BCUT2D eigenvalue weighted by Gasteiger charge is -2.22. The molecule has 0 unspecified atom stereocenters. The lowest BCUT2D eigenvalue weighted by molar-refractivity contribution is 0.288. The van der Waals surface area contributed by atoms with Gasteiger partial charge in [0.15, 0.2) is 0 Å². The van der Waals surface area contributed by atoms with Gasteiger partial charge in [0.1, 0.15) is 17.5 Å². The average molecular weight is 329 g/mol. The topological polar surface area (TPSA) is 58.3 Å². The number of rotatable bonds is 3. The molecule has 23 heavy (non-hydrogen) atoms. The quantitative estimate of drug-likeness (QED) is 0.736. The van der Waals surface area contributed by atoms with Gasteiger partial charge in [0.25, 0.3) is 5.71 Å². The number of fused-ring (bicyclic) bond motifs is 1. The minimum Gasteiger partial charge on any atom is -0.355 e. The molecule has 0 aromatic carbocycles. The molecule has 0 radical (unpaired) electrons. The summed E-state index contributed by atoms with van der Waals surface area (Å²) in [6.45, 7) is 7.09. The van der Waals surface area contributed by atoms with E-state index in [0.717, 1.165) is 56.0 Å². The lowest BCUT2D eigenvalue weighted by atomic mass is 10.2. The van der Waals surface area contributed by atoms with Gasteiger partial charge < -0.3 is 9.42 Å². The number of hydrogen-bond acceptors (Lipinski definition) is 7. The van der Waals surface area contributed by atoms with Gasteiger partial charge in [-0.2, -0.15) is 4.98 Å². The first-order valence-electron chi connectivity index (χ1n) is 7.88. The zero-order valence-electron chi connectivity index (χ0n) is 13.1. The molecule has 1 aliphatic rings. The Labute approximate surface area is 138 Å². The Morgan fingerprint density at radius 3 is 3.04 bits per heavy atom. The Kier molecular flexibility index (Phi) is 3.97. The molecule has 120 valence electrons. The molecular formula is C16H19N5OS. The van der Waals surface area contributed by atoms with Crippen molar-refractivity contribution < 1.29 is 4.52 Å². The highest BCUT2D eigenvalue weighted by atomic mass is 32.1. The molecule has 4 rings (SSSR count). The van der Waals surface area contributed by atoms with Crippen LogP contribution in [0.25, 0.3) is 11.1 Å². The number of aryl methyl sites for hydroxylation is 1. The Bertz CT molecular complexity index is 785. The Hall–Kier alpha value is -1.99. The molecule has 1 aliphatic heterocycles. The largest absolute Gasteiger partial charge is 0.355 e. The van der Waals surface area contributed by atoms with Gasteiger partial charge in [-0.15, -0.1) is 11.3 Å². The fourth-order valence-corrected chi connectivity index (χ4v) is 3.85. The number of anilines is 1. The van der Waals surface area contributed by atoms with Crippen molar-refractivity contribution in [3.63, 3.8) is 0 Å².